The Morgan fingerprint density at radius 3 is 2.41 bits per heavy atom. The Morgan fingerprint density at radius 2 is 1.94 bits per heavy atom. The Hall–Kier alpha value is -1.23. The normalized spacial score (nSPS) is 11.1. The van der Waals surface area contributed by atoms with Crippen molar-refractivity contribution in [2.24, 2.45) is 0 Å². The number of carbonyl (C=O) groups excluding carboxylic acids is 1. The molecule has 0 spiro atoms. The molecule has 0 aliphatic carbocycles. The maximum atomic E-state index is 11.9. The van der Waals surface area contributed by atoms with Gasteiger partial charge >= 0.3 is 5.97 Å². The lowest BCUT2D eigenvalue weighted by Crippen LogP contribution is -2.24. The molecule has 0 aliphatic heterocycles. The second-order valence-corrected chi connectivity index (χ2v) is 5.43. The van der Waals surface area contributed by atoms with E-state index >= 15 is 0 Å². The second kappa shape index (κ2) is 4.96. The Balaban J connectivity index is 3.07. The zero-order valence-corrected chi connectivity index (χ0v) is 11.9. The fourth-order valence-corrected chi connectivity index (χ4v) is 1.74. The molecule has 0 amide bonds. The van der Waals surface area contributed by atoms with Crippen molar-refractivity contribution < 1.29 is 14.3 Å². The summed E-state index contributed by atoms with van der Waals surface area (Å²) < 4.78 is 11.0. The smallest absolute Gasteiger partial charge is 0.340 e. The van der Waals surface area contributed by atoms with Crippen LogP contribution in [0.25, 0.3) is 0 Å². The monoisotopic (exact) mass is 301 g/mol. The first kappa shape index (κ1) is 13.8. The van der Waals surface area contributed by atoms with Gasteiger partial charge in [0.25, 0.3) is 0 Å². The van der Waals surface area contributed by atoms with Crippen LogP contribution in [0.2, 0.25) is 0 Å². The van der Waals surface area contributed by atoms with Crippen LogP contribution in [0.5, 0.6) is 5.75 Å². The molecule has 4 nitrogen and oxygen atoms in total. The summed E-state index contributed by atoms with van der Waals surface area (Å²) in [6.45, 7) is 5.42. The van der Waals surface area contributed by atoms with E-state index in [1.807, 2.05) is 0 Å². The number of hydrogen-bond acceptors (Lipinski definition) is 4. The first-order valence-electron chi connectivity index (χ1n) is 5.11. The summed E-state index contributed by atoms with van der Waals surface area (Å²) in [5.74, 6) is 0.133. The summed E-state index contributed by atoms with van der Waals surface area (Å²) in [4.78, 5) is 11.9. The van der Waals surface area contributed by atoms with Crippen molar-refractivity contribution >= 4 is 27.6 Å². The Morgan fingerprint density at radius 1 is 1.35 bits per heavy atom. The molecule has 0 aliphatic rings. The summed E-state index contributed by atoms with van der Waals surface area (Å²) in [5, 5.41) is 0. The molecule has 1 aromatic rings. The predicted molar refractivity (Wildman–Crippen MR) is 70.3 cm³/mol. The molecule has 0 saturated heterocycles. The Bertz CT molecular complexity index is 438. The van der Waals surface area contributed by atoms with Gasteiger partial charge in [-0.15, -0.1) is 0 Å². The minimum Gasteiger partial charge on any atom is -0.495 e. The standard InChI is InChI=1S/C12H16BrNO3/c1-12(2,3)17-11(15)7-5-8(13)10(16-4)6-9(7)14/h5-6H,14H2,1-4H3. The number of nitrogens with two attached hydrogens (primary N) is 1. The zero-order valence-electron chi connectivity index (χ0n) is 10.3. The van der Waals surface area contributed by atoms with Crippen LogP contribution in [0.3, 0.4) is 0 Å². The number of nitrogen functional groups attached to an aromatic ring is 1. The first-order chi connectivity index (χ1) is 7.74. The maximum absolute atomic E-state index is 11.9. The van der Waals surface area contributed by atoms with Crippen molar-refractivity contribution in [3.05, 3.63) is 22.2 Å². The number of anilines is 1. The average Bonchev–Trinajstić information content (AvgIpc) is 2.18. The van der Waals surface area contributed by atoms with E-state index in [-0.39, 0.29) is 0 Å². The van der Waals surface area contributed by atoms with Crippen LogP contribution < -0.4 is 10.5 Å². The van der Waals surface area contributed by atoms with Crippen LogP contribution in [-0.2, 0) is 4.74 Å². The van der Waals surface area contributed by atoms with Gasteiger partial charge in [0.15, 0.2) is 0 Å². The van der Waals surface area contributed by atoms with Gasteiger partial charge < -0.3 is 15.2 Å². The maximum Gasteiger partial charge on any atom is 0.340 e. The summed E-state index contributed by atoms with van der Waals surface area (Å²) in [6, 6.07) is 3.19. The quantitative estimate of drug-likeness (QED) is 0.674. The third kappa shape index (κ3) is 3.63. The van der Waals surface area contributed by atoms with Gasteiger partial charge in [-0.1, -0.05) is 0 Å². The molecule has 5 heteroatoms. The van der Waals surface area contributed by atoms with E-state index in [0.29, 0.717) is 21.5 Å². The van der Waals surface area contributed by atoms with Gasteiger partial charge in [0.2, 0.25) is 0 Å². The zero-order chi connectivity index (χ0) is 13.2. The number of hydrogen-bond donors (Lipinski definition) is 1. The van der Waals surface area contributed by atoms with Gasteiger partial charge in [-0.2, -0.15) is 0 Å². The highest BCUT2D eigenvalue weighted by molar-refractivity contribution is 9.10. The molecule has 0 saturated carbocycles. The van der Waals surface area contributed by atoms with E-state index in [4.69, 9.17) is 15.2 Å². The Kier molecular flexibility index (Phi) is 4.03. The van der Waals surface area contributed by atoms with E-state index in [2.05, 4.69) is 15.9 Å². The van der Waals surface area contributed by atoms with Crippen LogP contribution in [-0.4, -0.2) is 18.7 Å². The summed E-state index contributed by atoms with van der Waals surface area (Å²) >= 11 is 3.30. The van der Waals surface area contributed by atoms with Crippen LogP contribution in [0.15, 0.2) is 16.6 Å². The molecule has 17 heavy (non-hydrogen) atoms. The number of benzene rings is 1. The van der Waals surface area contributed by atoms with Gasteiger partial charge in [-0.25, -0.2) is 4.79 Å². The second-order valence-electron chi connectivity index (χ2n) is 4.58. The van der Waals surface area contributed by atoms with Crippen molar-refractivity contribution in [3.8, 4) is 5.75 Å². The third-order valence-electron chi connectivity index (χ3n) is 1.94. The molecule has 1 rings (SSSR count). The fourth-order valence-electron chi connectivity index (χ4n) is 1.24. The molecule has 0 heterocycles. The summed E-state index contributed by atoms with van der Waals surface area (Å²) in [6.07, 6.45) is 0. The number of rotatable bonds is 2. The van der Waals surface area contributed by atoms with Crippen molar-refractivity contribution in [1.82, 2.24) is 0 Å². The highest BCUT2D eigenvalue weighted by atomic mass is 79.9. The van der Waals surface area contributed by atoms with E-state index < -0.39 is 11.6 Å². The number of methoxy groups -OCH3 is 1. The van der Waals surface area contributed by atoms with E-state index in [0.717, 1.165) is 0 Å². The molecule has 0 aromatic heterocycles. The molecule has 2 N–H and O–H groups in total. The molecule has 1 aromatic carbocycles. The van der Waals surface area contributed by atoms with Crippen molar-refractivity contribution in [3.63, 3.8) is 0 Å². The Labute approximate surface area is 109 Å². The van der Waals surface area contributed by atoms with Crippen molar-refractivity contribution in [2.45, 2.75) is 26.4 Å². The lowest BCUT2D eigenvalue weighted by Gasteiger charge is -2.20. The summed E-state index contributed by atoms with van der Waals surface area (Å²) in [5.41, 5.74) is 5.90. The van der Waals surface area contributed by atoms with Crippen LogP contribution in [0.1, 0.15) is 31.1 Å². The topological polar surface area (TPSA) is 61.5 Å². The molecular formula is C12H16BrNO3. The van der Waals surface area contributed by atoms with Gasteiger partial charge in [-0.3, -0.25) is 0 Å². The van der Waals surface area contributed by atoms with Crippen LogP contribution >= 0.6 is 15.9 Å². The lowest BCUT2D eigenvalue weighted by molar-refractivity contribution is 0.00707. The van der Waals surface area contributed by atoms with Crippen molar-refractivity contribution in [2.75, 3.05) is 12.8 Å². The number of ether oxygens (including phenoxy) is 2. The molecular weight excluding hydrogens is 286 g/mol. The summed E-state index contributed by atoms with van der Waals surface area (Å²) in [7, 11) is 1.53. The average molecular weight is 302 g/mol. The largest absolute Gasteiger partial charge is 0.495 e. The molecule has 0 bridgehead atoms. The SMILES string of the molecule is COc1cc(N)c(C(=O)OC(C)(C)C)cc1Br. The predicted octanol–water partition coefficient (Wildman–Crippen LogP) is 3.00. The highest BCUT2D eigenvalue weighted by Gasteiger charge is 2.21. The number of esters is 1. The fraction of sp³-hybridized carbons (Fsp3) is 0.417. The van der Waals surface area contributed by atoms with E-state index in [9.17, 15) is 4.79 Å². The van der Waals surface area contributed by atoms with Crippen LogP contribution in [0.4, 0.5) is 5.69 Å². The molecule has 0 radical (unpaired) electrons. The minimum absolute atomic E-state index is 0.326. The van der Waals surface area contributed by atoms with Gasteiger partial charge in [0.05, 0.1) is 17.1 Å². The highest BCUT2D eigenvalue weighted by Crippen LogP contribution is 2.30. The molecule has 0 fully saturated rings. The number of halogens is 1. The minimum atomic E-state index is -0.546. The number of carbonyl (C=O) groups is 1. The first-order valence-corrected chi connectivity index (χ1v) is 5.90. The van der Waals surface area contributed by atoms with Crippen molar-refractivity contribution in [1.29, 1.82) is 0 Å². The van der Waals surface area contributed by atoms with E-state index in [1.165, 1.54) is 7.11 Å². The third-order valence-corrected chi connectivity index (χ3v) is 2.56. The molecule has 94 valence electrons. The lowest BCUT2D eigenvalue weighted by atomic mass is 10.1. The molecule has 0 unspecified atom stereocenters. The molecule has 0 atom stereocenters. The van der Waals surface area contributed by atoms with Gasteiger partial charge in [0, 0.05) is 11.8 Å². The van der Waals surface area contributed by atoms with Gasteiger partial charge in [0.1, 0.15) is 11.4 Å². The van der Waals surface area contributed by atoms with E-state index in [1.54, 1.807) is 32.9 Å². The van der Waals surface area contributed by atoms with Gasteiger partial charge in [-0.05, 0) is 42.8 Å². The van der Waals surface area contributed by atoms with Crippen LogP contribution in [0, 0.1) is 0 Å².